The molecule has 8 heteroatoms. The number of nitro groups is 1. The predicted octanol–water partition coefficient (Wildman–Crippen LogP) is 4.27. The molecule has 1 aromatic heterocycles. The number of aromatic nitrogens is 1. The highest BCUT2D eigenvalue weighted by Gasteiger charge is 2.12. The molecule has 1 amide bonds. The van der Waals surface area contributed by atoms with E-state index in [4.69, 9.17) is 4.74 Å². The molecule has 0 saturated heterocycles. The highest BCUT2D eigenvalue weighted by atomic mass is 32.1. The summed E-state index contributed by atoms with van der Waals surface area (Å²) in [4.78, 5) is 26.9. The predicted molar refractivity (Wildman–Crippen MR) is 112 cm³/mol. The number of para-hydroxylation sites is 1. The smallest absolute Gasteiger partial charge is 0.274 e. The van der Waals surface area contributed by atoms with Crippen molar-refractivity contribution < 1.29 is 14.5 Å². The SMILES string of the molecule is Cc1nc(COc2ccc(/C=C/C(=O)NCc3ccccc3[N+](=O)[O-])cc2)cs1. The molecule has 0 radical (unpaired) electrons. The summed E-state index contributed by atoms with van der Waals surface area (Å²) in [7, 11) is 0. The molecule has 0 unspecified atom stereocenters. The number of aryl methyl sites for hydroxylation is 1. The average molecular weight is 409 g/mol. The molecule has 0 saturated carbocycles. The second-order valence-electron chi connectivity index (χ2n) is 6.15. The van der Waals surface area contributed by atoms with Gasteiger partial charge in [0.25, 0.3) is 5.69 Å². The highest BCUT2D eigenvalue weighted by molar-refractivity contribution is 7.09. The summed E-state index contributed by atoms with van der Waals surface area (Å²) in [5.41, 5.74) is 2.17. The minimum Gasteiger partial charge on any atom is -0.487 e. The van der Waals surface area contributed by atoms with Gasteiger partial charge >= 0.3 is 0 Å². The van der Waals surface area contributed by atoms with Gasteiger partial charge in [0, 0.05) is 29.6 Å². The van der Waals surface area contributed by atoms with E-state index in [1.165, 1.54) is 12.1 Å². The van der Waals surface area contributed by atoms with Gasteiger partial charge in [-0.1, -0.05) is 30.3 Å². The van der Waals surface area contributed by atoms with E-state index in [9.17, 15) is 14.9 Å². The van der Waals surface area contributed by atoms with E-state index in [1.807, 2.05) is 36.6 Å². The van der Waals surface area contributed by atoms with E-state index in [1.54, 1.807) is 35.6 Å². The van der Waals surface area contributed by atoms with Crippen molar-refractivity contribution in [1.29, 1.82) is 0 Å². The Morgan fingerprint density at radius 1 is 1.24 bits per heavy atom. The lowest BCUT2D eigenvalue weighted by molar-refractivity contribution is -0.385. The van der Waals surface area contributed by atoms with Gasteiger partial charge in [0.1, 0.15) is 12.4 Å². The van der Waals surface area contributed by atoms with Crippen LogP contribution in [0.5, 0.6) is 5.75 Å². The number of hydrogen-bond acceptors (Lipinski definition) is 6. The van der Waals surface area contributed by atoms with Gasteiger partial charge in [0.05, 0.1) is 15.6 Å². The number of carbonyl (C=O) groups excluding carboxylic acids is 1. The molecule has 148 valence electrons. The molecule has 1 heterocycles. The van der Waals surface area contributed by atoms with Gasteiger partial charge in [-0.05, 0) is 30.7 Å². The van der Waals surface area contributed by atoms with Crippen LogP contribution in [0.4, 0.5) is 5.69 Å². The molecule has 1 N–H and O–H groups in total. The van der Waals surface area contributed by atoms with Crippen molar-refractivity contribution in [2.24, 2.45) is 0 Å². The van der Waals surface area contributed by atoms with E-state index in [0.29, 0.717) is 17.9 Å². The minimum absolute atomic E-state index is 0.0137. The van der Waals surface area contributed by atoms with Gasteiger partial charge in [0.15, 0.2) is 0 Å². The van der Waals surface area contributed by atoms with Crippen LogP contribution < -0.4 is 10.1 Å². The van der Waals surface area contributed by atoms with Gasteiger partial charge in [-0.3, -0.25) is 14.9 Å². The van der Waals surface area contributed by atoms with Gasteiger partial charge < -0.3 is 10.1 Å². The molecule has 2 aromatic carbocycles. The second kappa shape index (κ2) is 9.61. The molecular weight excluding hydrogens is 390 g/mol. The van der Waals surface area contributed by atoms with Crippen molar-refractivity contribution in [1.82, 2.24) is 10.3 Å². The van der Waals surface area contributed by atoms with E-state index >= 15 is 0 Å². The van der Waals surface area contributed by atoms with Gasteiger partial charge in [-0.25, -0.2) is 4.98 Å². The van der Waals surface area contributed by atoms with Crippen LogP contribution in [-0.4, -0.2) is 15.8 Å². The Kier molecular flexibility index (Phi) is 6.70. The molecule has 0 spiro atoms. The van der Waals surface area contributed by atoms with Crippen molar-refractivity contribution in [2.45, 2.75) is 20.1 Å². The largest absolute Gasteiger partial charge is 0.487 e. The lowest BCUT2D eigenvalue weighted by Gasteiger charge is -2.05. The van der Waals surface area contributed by atoms with Crippen LogP contribution in [0.2, 0.25) is 0 Å². The molecule has 0 bridgehead atoms. The van der Waals surface area contributed by atoms with Gasteiger partial charge in [-0.15, -0.1) is 11.3 Å². The Bertz CT molecular complexity index is 1030. The summed E-state index contributed by atoms with van der Waals surface area (Å²) in [5.74, 6) is 0.385. The number of amides is 1. The fourth-order valence-electron chi connectivity index (χ4n) is 2.56. The molecule has 0 aliphatic heterocycles. The maximum absolute atomic E-state index is 12.0. The maximum atomic E-state index is 12.0. The van der Waals surface area contributed by atoms with Gasteiger partial charge in [0.2, 0.25) is 5.91 Å². The topological polar surface area (TPSA) is 94.4 Å². The summed E-state index contributed by atoms with van der Waals surface area (Å²) in [6.07, 6.45) is 3.06. The number of nitrogens with zero attached hydrogens (tertiary/aromatic N) is 2. The first-order valence-corrected chi connectivity index (χ1v) is 9.71. The number of nitrogens with one attached hydrogen (secondary N) is 1. The zero-order valence-corrected chi connectivity index (χ0v) is 16.5. The lowest BCUT2D eigenvalue weighted by atomic mass is 10.2. The van der Waals surface area contributed by atoms with E-state index < -0.39 is 4.92 Å². The van der Waals surface area contributed by atoms with Crippen molar-refractivity contribution in [3.63, 3.8) is 0 Å². The molecule has 0 aliphatic rings. The van der Waals surface area contributed by atoms with Crippen molar-refractivity contribution in [3.05, 3.63) is 91.9 Å². The molecule has 0 aliphatic carbocycles. The highest BCUT2D eigenvalue weighted by Crippen LogP contribution is 2.18. The number of rotatable bonds is 8. The second-order valence-corrected chi connectivity index (χ2v) is 7.21. The van der Waals surface area contributed by atoms with Crippen molar-refractivity contribution in [2.75, 3.05) is 0 Å². The van der Waals surface area contributed by atoms with Crippen molar-refractivity contribution in [3.8, 4) is 5.75 Å². The number of hydrogen-bond donors (Lipinski definition) is 1. The van der Waals surface area contributed by atoms with Crippen LogP contribution in [0.3, 0.4) is 0 Å². The monoisotopic (exact) mass is 409 g/mol. The third-order valence-electron chi connectivity index (χ3n) is 4.00. The Morgan fingerprint density at radius 2 is 2.00 bits per heavy atom. The number of thiazole rings is 1. The fraction of sp³-hybridized carbons (Fsp3) is 0.143. The van der Waals surface area contributed by atoms with Crippen LogP contribution in [0.25, 0.3) is 6.08 Å². The standard InChI is InChI=1S/C21H19N3O4S/c1-15-23-18(14-29-15)13-28-19-9-6-16(7-10-19)8-11-21(25)22-12-17-4-2-3-5-20(17)24(26)27/h2-11,14H,12-13H2,1H3,(H,22,25)/b11-8+. The molecule has 3 aromatic rings. The van der Waals surface area contributed by atoms with Crippen molar-refractivity contribution >= 4 is 29.0 Å². The zero-order chi connectivity index (χ0) is 20.6. The Morgan fingerprint density at radius 3 is 2.69 bits per heavy atom. The minimum atomic E-state index is -0.462. The van der Waals surface area contributed by atoms with Crippen LogP contribution in [0.1, 0.15) is 21.8 Å². The maximum Gasteiger partial charge on any atom is 0.274 e. The number of benzene rings is 2. The van der Waals surface area contributed by atoms with Crippen LogP contribution in [0.15, 0.2) is 60.0 Å². The number of carbonyl (C=O) groups is 1. The Hall–Kier alpha value is -3.52. The zero-order valence-electron chi connectivity index (χ0n) is 15.7. The molecule has 29 heavy (non-hydrogen) atoms. The van der Waals surface area contributed by atoms with Crippen LogP contribution in [0, 0.1) is 17.0 Å². The van der Waals surface area contributed by atoms with Gasteiger partial charge in [-0.2, -0.15) is 0 Å². The lowest BCUT2D eigenvalue weighted by Crippen LogP contribution is -2.20. The summed E-state index contributed by atoms with van der Waals surface area (Å²) in [6, 6.07) is 13.7. The van der Waals surface area contributed by atoms with E-state index in [2.05, 4.69) is 10.3 Å². The molecule has 0 atom stereocenters. The molecule has 3 rings (SSSR count). The first-order chi connectivity index (χ1) is 14.0. The first kappa shape index (κ1) is 20.2. The van der Waals surface area contributed by atoms with E-state index in [-0.39, 0.29) is 18.1 Å². The third kappa shape index (κ3) is 5.98. The summed E-state index contributed by atoms with van der Waals surface area (Å²) >= 11 is 1.58. The molecular formula is C21H19N3O4S. The van der Waals surface area contributed by atoms with E-state index in [0.717, 1.165) is 16.3 Å². The summed E-state index contributed by atoms with van der Waals surface area (Å²) in [5, 5.41) is 16.6. The number of nitro benzene ring substituents is 1. The van der Waals surface area contributed by atoms with Crippen LogP contribution >= 0.6 is 11.3 Å². The summed E-state index contributed by atoms with van der Waals surface area (Å²) < 4.78 is 5.69. The third-order valence-corrected chi connectivity index (χ3v) is 4.82. The Labute approximate surface area is 171 Å². The van der Waals surface area contributed by atoms with Crippen LogP contribution in [-0.2, 0) is 17.9 Å². The molecule has 0 fully saturated rings. The fourth-order valence-corrected chi connectivity index (χ4v) is 3.16. The first-order valence-electron chi connectivity index (χ1n) is 8.83. The Balaban J connectivity index is 1.50. The average Bonchev–Trinajstić information content (AvgIpc) is 3.15. The normalized spacial score (nSPS) is 10.8. The summed E-state index contributed by atoms with van der Waals surface area (Å²) in [6.45, 7) is 2.45. The quantitative estimate of drug-likeness (QED) is 0.341. The number of ether oxygens (including phenoxy) is 1. The molecule has 7 nitrogen and oxygen atoms in total.